The molecule has 0 fully saturated rings. The second kappa shape index (κ2) is 5.27. The normalized spacial score (nSPS) is 13.6. The second-order valence-corrected chi connectivity index (χ2v) is 4.89. The Morgan fingerprint density at radius 2 is 2.12 bits per heavy atom. The Morgan fingerprint density at radius 3 is 2.62 bits per heavy atom. The van der Waals surface area contributed by atoms with Gasteiger partial charge in [-0.15, -0.1) is 0 Å². The third-order valence-electron chi connectivity index (χ3n) is 2.54. The Kier molecular flexibility index (Phi) is 4.26. The molecule has 0 spiro atoms. The highest BCUT2D eigenvalue weighted by Crippen LogP contribution is 2.29. The van der Waals surface area contributed by atoms with Gasteiger partial charge in [-0.05, 0) is 53.6 Å². The van der Waals surface area contributed by atoms with Crippen molar-refractivity contribution >= 4 is 22.6 Å². The maximum atomic E-state index is 13.4. The molecule has 1 aromatic rings. The summed E-state index contributed by atoms with van der Waals surface area (Å²) in [5, 5.41) is 17.7. The van der Waals surface area contributed by atoms with E-state index < -0.39 is 5.41 Å². The minimum atomic E-state index is -0.791. The molecule has 1 rings (SSSR count). The van der Waals surface area contributed by atoms with Gasteiger partial charge in [0.05, 0.1) is 17.6 Å². The summed E-state index contributed by atoms with van der Waals surface area (Å²) in [6.45, 7) is 1.73. The molecule has 0 aliphatic rings. The first-order valence-corrected chi connectivity index (χ1v) is 5.85. The molecule has 0 saturated heterocycles. The second-order valence-electron chi connectivity index (χ2n) is 3.73. The summed E-state index contributed by atoms with van der Waals surface area (Å²) in [5.41, 5.74) is -0.163. The highest BCUT2D eigenvalue weighted by Gasteiger charge is 2.26. The van der Waals surface area contributed by atoms with Crippen molar-refractivity contribution in [1.82, 2.24) is 0 Å². The van der Waals surface area contributed by atoms with Gasteiger partial charge in [0.15, 0.2) is 0 Å². The van der Waals surface area contributed by atoms with Crippen LogP contribution in [0.1, 0.15) is 25.3 Å². The molecule has 0 aliphatic carbocycles. The lowest BCUT2D eigenvalue weighted by Gasteiger charge is -2.20. The average molecular weight is 328 g/mol. The number of hydrogen-bond acceptors (Lipinski definition) is 2. The number of nitriles is 2. The molecule has 0 aliphatic heterocycles. The largest absolute Gasteiger partial charge is 0.206 e. The number of hydrogen-bond donors (Lipinski definition) is 0. The van der Waals surface area contributed by atoms with E-state index in [2.05, 4.69) is 6.07 Å². The molecule has 0 saturated carbocycles. The third-order valence-corrected chi connectivity index (χ3v) is 3.42. The van der Waals surface area contributed by atoms with Crippen molar-refractivity contribution in [3.05, 3.63) is 33.1 Å². The Balaban J connectivity index is 3.10. The van der Waals surface area contributed by atoms with Gasteiger partial charge in [-0.1, -0.05) is 6.07 Å². The van der Waals surface area contributed by atoms with Gasteiger partial charge in [-0.2, -0.15) is 10.5 Å². The van der Waals surface area contributed by atoms with Crippen LogP contribution in [0, 0.1) is 32.0 Å². The van der Waals surface area contributed by atoms with E-state index in [0.717, 1.165) is 0 Å². The number of rotatable bonds is 3. The summed E-state index contributed by atoms with van der Waals surface area (Å²) >= 11 is 1.90. The van der Waals surface area contributed by atoms with Crippen molar-refractivity contribution < 1.29 is 4.39 Å². The van der Waals surface area contributed by atoms with Crippen LogP contribution in [-0.4, -0.2) is 0 Å². The molecule has 0 N–H and O–H groups in total. The molecule has 1 atom stereocenters. The van der Waals surface area contributed by atoms with Gasteiger partial charge in [0.25, 0.3) is 0 Å². The Hall–Kier alpha value is -1.14. The van der Waals surface area contributed by atoms with E-state index in [-0.39, 0.29) is 12.2 Å². The van der Waals surface area contributed by atoms with E-state index >= 15 is 0 Å². The van der Waals surface area contributed by atoms with Gasteiger partial charge in [-0.25, -0.2) is 4.39 Å². The summed E-state index contributed by atoms with van der Waals surface area (Å²) in [6, 6.07) is 8.93. The molecule has 0 heterocycles. The minimum absolute atomic E-state index is 0.289. The first-order chi connectivity index (χ1) is 7.53. The number of halogens is 2. The van der Waals surface area contributed by atoms with Gasteiger partial charge >= 0.3 is 0 Å². The third kappa shape index (κ3) is 2.70. The minimum Gasteiger partial charge on any atom is -0.206 e. The van der Waals surface area contributed by atoms with Crippen LogP contribution >= 0.6 is 22.6 Å². The van der Waals surface area contributed by atoms with Crippen LogP contribution in [0.3, 0.4) is 0 Å². The molecule has 0 bridgehead atoms. The SMILES string of the molecule is CC(C#N)(CCC#N)c1ccc(I)c(F)c1. The first-order valence-electron chi connectivity index (χ1n) is 4.77. The summed E-state index contributed by atoms with van der Waals surface area (Å²) in [5.74, 6) is -0.323. The van der Waals surface area contributed by atoms with E-state index in [4.69, 9.17) is 10.5 Å². The van der Waals surface area contributed by atoms with E-state index in [1.807, 2.05) is 28.7 Å². The van der Waals surface area contributed by atoms with E-state index in [0.29, 0.717) is 15.6 Å². The van der Waals surface area contributed by atoms with Crippen LogP contribution in [0.25, 0.3) is 0 Å². The Morgan fingerprint density at radius 1 is 1.44 bits per heavy atom. The van der Waals surface area contributed by atoms with E-state index in [1.165, 1.54) is 6.07 Å². The fraction of sp³-hybridized carbons (Fsp3) is 0.333. The van der Waals surface area contributed by atoms with Gasteiger partial charge in [0.1, 0.15) is 5.82 Å². The fourth-order valence-corrected chi connectivity index (χ4v) is 1.75. The van der Waals surface area contributed by atoms with Crippen molar-refractivity contribution in [3.63, 3.8) is 0 Å². The van der Waals surface area contributed by atoms with E-state index in [1.54, 1.807) is 19.1 Å². The van der Waals surface area contributed by atoms with Crippen LogP contribution < -0.4 is 0 Å². The average Bonchev–Trinajstić information content (AvgIpc) is 2.29. The standard InChI is InChI=1S/C12H10FIN2/c1-12(8-16,5-2-6-15)9-3-4-11(14)10(13)7-9/h3-4,7H,2,5H2,1H3. The predicted molar refractivity (Wildman–Crippen MR) is 66.9 cm³/mol. The molecule has 4 heteroatoms. The highest BCUT2D eigenvalue weighted by atomic mass is 127. The summed E-state index contributed by atoms with van der Waals surface area (Å²) in [4.78, 5) is 0. The molecule has 2 nitrogen and oxygen atoms in total. The zero-order valence-electron chi connectivity index (χ0n) is 8.80. The van der Waals surface area contributed by atoms with Crippen LogP contribution in [0.15, 0.2) is 18.2 Å². The maximum absolute atomic E-state index is 13.4. The maximum Gasteiger partial charge on any atom is 0.136 e. The molecule has 1 aromatic carbocycles. The molecule has 0 radical (unpaired) electrons. The molecule has 0 amide bonds. The molecule has 16 heavy (non-hydrogen) atoms. The lowest BCUT2D eigenvalue weighted by molar-refractivity contribution is 0.551. The van der Waals surface area contributed by atoms with Gasteiger partial charge in [0, 0.05) is 9.99 Å². The number of nitrogens with zero attached hydrogens (tertiary/aromatic N) is 2. The molecule has 1 unspecified atom stereocenters. The zero-order chi connectivity index (χ0) is 12.2. The van der Waals surface area contributed by atoms with Crippen molar-refractivity contribution in [2.75, 3.05) is 0 Å². The summed E-state index contributed by atoms with van der Waals surface area (Å²) in [6.07, 6.45) is 0.706. The Labute approximate surface area is 108 Å². The molecular formula is C12H10FIN2. The monoisotopic (exact) mass is 328 g/mol. The van der Waals surface area contributed by atoms with Gasteiger partial charge < -0.3 is 0 Å². The van der Waals surface area contributed by atoms with Gasteiger partial charge in [-0.3, -0.25) is 0 Å². The van der Waals surface area contributed by atoms with Crippen molar-refractivity contribution in [1.29, 1.82) is 10.5 Å². The molecular weight excluding hydrogens is 318 g/mol. The predicted octanol–water partition coefficient (Wildman–Crippen LogP) is 3.52. The van der Waals surface area contributed by atoms with Crippen LogP contribution in [0.4, 0.5) is 4.39 Å². The fourth-order valence-electron chi connectivity index (χ4n) is 1.41. The van der Waals surface area contributed by atoms with Crippen molar-refractivity contribution in [2.24, 2.45) is 0 Å². The van der Waals surface area contributed by atoms with Crippen LogP contribution in [0.5, 0.6) is 0 Å². The summed E-state index contributed by atoms with van der Waals surface area (Å²) in [7, 11) is 0. The first kappa shape index (κ1) is 12.9. The van der Waals surface area contributed by atoms with Crippen molar-refractivity contribution in [2.45, 2.75) is 25.2 Å². The van der Waals surface area contributed by atoms with Crippen LogP contribution in [-0.2, 0) is 5.41 Å². The topological polar surface area (TPSA) is 47.6 Å². The summed E-state index contributed by atoms with van der Waals surface area (Å²) < 4.78 is 13.9. The van der Waals surface area contributed by atoms with E-state index in [9.17, 15) is 4.39 Å². The van der Waals surface area contributed by atoms with Crippen molar-refractivity contribution in [3.8, 4) is 12.1 Å². The quantitative estimate of drug-likeness (QED) is 0.797. The Bertz CT molecular complexity index is 473. The van der Waals surface area contributed by atoms with Crippen LogP contribution in [0.2, 0.25) is 0 Å². The zero-order valence-corrected chi connectivity index (χ0v) is 11.0. The molecule has 82 valence electrons. The number of benzene rings is 1. The van der Waals surface area contributed by atoms with Gasteiger partial charge in [0.2, 0.25) is 0 Å². The smallest absolute Gasteiger partial charge is 0.136 e. The lowest BCUT2D eigenvalue weighted by atomic mass is 9.80. The molecule has 0 aromatic heterocycles. The lowest BCUT2D eigenvalue weighted by Crippen LogP contribution is -2.19. The highest BCUT2D eigenvalue weighted by molar-refractivity contribution is 14.1.